The first kappa shape index (κ1) is 15.8. The fraction of sp³-hybridized carbons (Fsp3) is 0.312. The molecule has 0 fully saturated rings. The van der Waals surface area contributed by atoms with E-state index in [0.717, 1.165) is 18.5 Å². The summed E-state index contributed by atoms with van der Waals surface area (Å²) in [5, 5.41) is 3.05. The smallest absolute Gasteiger partial charge is 0.320 e. The third kappa shape index (κ3) is 2.66. The summed E-state index contributed by atoms with van der Waals surface area (Å²) in [6.07, 6.45) is 2.35. The van der Waals surface area contributed by atoms with E-state index >= 15 is 0 Å². The van der Waals surface area contributed by atoms with Gasteiger partial charge in [0, 0.05) is 12.7 Å². The Kier molecular flexibility index (Phi) is 4.23. The van der Waals surface area contributed by atoms with Crippen molar-refractivity contribution in [3.05, 3.63) is 48.2 Å². The molecule has 0 atom stereocenters. The number of pyridine rings is 1. The zero-order chi connectivity index (χ0) is 16.4. The number of hydrogen-bond acceptors (Lipinski definition) is 4. The van der Waals surface area contributed by atoms with Crippen molar-refractivity contribution in [3.63, 3.8) is 0 Å². The van der Waals surface area contributed by atoms with Crippen LogP contribution in [0, 0.1) is 6.92 Å². The molecule has 0 unspecified atom stereocenters. The summed E-state index contributed by atoms with van der Waals surface area (Å²) in [6.45, 7) is 3.06. The van der Waals surface area contributed by atoms with E-state index in [4.69, 9.17) is 0 Å². The minimum Gasteiger partial charge on any atom is -0.320 e. The third-order valence-corrected chi connectivity index (χ3v) is 5.61. The molecule has 0 bridgehead atoms. The van der Waals surface area contributed by atoms with Crippen molar-refractivity contribution >= 4 is 27.4 Å². The van der Waals surface area contributed by atoms with Gasteiger partial charge in [-0.15, -0.1) is 0 Å². The highest BCUT2D eigenvalue weighted by molar-refractivity contribution is 7.95. The van der Waals surface area contributed by atoms with Crippen LogP contribution in [0.25, 0.3) is 0 Å². The molecule has 23 heavy (non-hydrogen) atoms. The predicted molar refractivity (Wildman–Crippen MR) is 92.4 cm³/mol. The van der Waals surface area contributed by atoms with E-state index < -0.39 is 10.2 Å². The van der Waals surface area contributed by atoms with Gasteiger partial charge in [0.2, 0.25) is 0 Å². The predicted octanol–water partition coefficient (Wildman–Crippen LogP) is 2.20. The number of rotatable bonds is 5. The van der Waals surface area contributed by atoms with Gasteiger partial charge < -0.3 is 5.32 Å². The van der Waals surface area contributed by atoms with Crippen LogP contribution in [-0.2, 0) is 10.2 Å². The van der Waals surface area contributed by atoms with Crippen molar-refractivity contribution in [1.82, 2.24) is 10.3 Å². The van der Waals surface area contributed by atoms with Gasteiger partial charge in [0.1, 0.15) is 0 Å². The lowest BCUT2D eigenvalue weighted by Crippen LogP contribution is -2.37. The van der Waals surface area contributed by atoms with E-state index in [1.807, 2.05) is 44.3 Å². The van der Waals surface area contributed by atoms with Crippen LogP contribution >= 0.6 is 0 Å². The quantitative estimate of drug-likeness (QED) is 0.853. The van der Waals surface area contributed by atoms with Crippen LogP contribution in [0.1, 0.15) is 12.0 Å². The fourth-order valence-corrected chi connectivity index (χ4v) is 4.52. The number of nitrogens with one attached hydrogen (secondary N) is 1. The highest BCUT2D eigenvalue weighted by Gasteiger charge is 2.41. The minimum atomic E-state index is -3.67. The number of aromatic nitrogens is 1. The van der Waals surface area contributed by atoms with Crippen molar-refractivity contribution in [3.8, 4) is 0 Å². The highest BCUT2D eigenvalue weighted by atomic mass is 32.2. The van der Waals surface area contributed by atoms with Crippen molar-refractivity contribution in [2.24, 2.45) is 0 Å². The highest BCUT2D eigenvalue weighted by Crippen LogP contribution is 2.45. The fourth-order valence-electron chi connectivity index (χ4n) is 2.74. The molecule has 122 valence electrons. The minimum absolute atomic E-state index is 0.433. The standard InChI is InChI=1S/C16H20N4O2S/c1-13-7-5-11-18-16(13)20-15-9-4-3-8-14(15)19(23(20,21)22)12-6-10-17-2/h3-5,7-9,11,17H,6,10,12H2,1-2H3. The number of nitrogens with zero attached hydrogens (tertiary/aromatic N) is 3. The average Bonchev–Trinajstić information content (AvgIpc) is 2.76. The lowest BCUT2D eigenvalue weighted by atomic mass is 10.2. The van der Waals surface area contributed by atoms with Gasteiger partial charge in [-0.05, 0) is 50.7 Å². The monoisotopic (exact) mass is 332 g/mol. The summed E-state index contributed by atoms with van der Waals surface area (Å²) in [6, 6.07) is 11.0. The van der Waals surface area contributed by atoms with Crippen LogP contribution in [0.5, 0.6) is 0 Å². The maximum atomic E-state index is 13.1. The molecule has 1 aliphatic heterocycles. The zero-order valence-electron chi connectivity index (χ0n) is 13.2. The van der Waals surface area contributed by atoms with Crippen LogP contribution in [0.3, 0.4) is 0 Å². The summed E-state index contributed by atoms with van der Waals surface area (Å²) in [5.41, 5.74) is 2.18. The molecule has 2 heterocycles. The van der Waals surface area contributed by atoms with E-state index in [9.17, 15) is 8.42 Å². The van der Waals surface area contributed by atoms with Crippen molar-refractivity contribution in [2.45, 2.75) is 13.3 Å². The Bertz CT molecular complexity index is 807. The Morgan fingerprint density at radius 2 is 1.87 bits per heavy atom. The van der Waals surface area contributed by atoms with Gasteiger partial charge in [-0.25, -0.2) is 9.29 Å². The molecule has 0 amide bonds. The summed E-state index contributed by atoms with van der Waals surface area (Å²) in [4.78, 5) is 4.29. The molecule has 1 aromatic carbocycles. The van der Waals surface area contributed by atoms with E-state index in [2.05, 4.69) is 10.3 Å². The first-order valence-electron chi connectivity index (χ1n) is 7.55. The van der Waals surface area contributed by atoms with Gasteiger partial charge >= 0.3 is 10.2 Å². The van der Waals surface area contributed by atoms with E-state index in [0.29, 0.717) is 23.7 Å². The molecule has 2 aromatic rings. The van der Waals surface area contributed by atoms with Crippen LogP contribution in [0.15, 0.2) is 42.6 Å². The summed E-state index contributed by atoms with van der Waals surface area (Å²) in [5.74, 6) is 0.455. The number of hydrogen-bond donors (Lipinski definition) is 1. The molecule has 0 spiro atoms. The van der Waals surface area contributed by atoms with E-state index in [1.54, 1.807) is 12.3 Å². The van der Waals surface area contributed by atoms with Gasteiger partial charge in [-0.3, -0.25) is 4.31 Å². The largest absolute Gasteiger partial charge is 0.332 e. The lowest BCUT2D eigenvalue weighted by Gasteiger charge is -2.22. The maximum Gasteiger partial charge on any atom is 0.332 e. The van der Waals surface area contributed by atoms with Gasteiger partial charge in [-0.1, -0.05) is 18.2 Å². The number of para-hydroxylation sites is 2. The molecule has 6 nitrogen and oxygen atoms in total. The van der Waals surface area contributed by atoms with Crippen LogP contribution < -0.4 is 13.9 Å². The Hall–Kier alpha value is -2.12. The van der Waals surface area contributed by atoms with Crippen molar-refractivity contribution in [2.75, 3.05) is 28.7 Å². The first-order valence-corrected chi connectivity index (χ1v) is 8.95. The molecule has 0 aliphatic carbocycles. The number of benzene rings is 1. The summed E-state index contributed by atoms with van der Waals surface area (Å²) >= 11 is 0. The Balaban J connectivity index is 2.09. The SMILES string of the molecule is CNCCCN1c2ccccc2N(c2ncccc2C)S1(=O)=O. The molecule has 1 N–H and O–H groups in total. The van der Waals surface area contributed by atoms with Gasteiger partial charge in [0.15, 0.2) is 5.82 Å². The van der Waals surface area contributed by atoms with Crippen LogP contribution in [0.2, 0.25) is 0 Å². The molecule has 0 saturated carbocycles. The van der Waals surface area contributed by atoms with E-state index in [1.165, 1.54) is 8.61 Å². The number of aryl methyl sites for hydroxylation is 1. The van der Waals surface area contributed by atoms with Crippen molar-refractivity contribution in [1.29, 1.82) is 0 Å². The van der Waals surface area contributed by atoms with Gasteiger partial charge in [0.25, 0.3) is 0 Å². The second kappa shape index (κ2) is 6.17. The number of fused-ring (bicyclic) bond motifs is 1. The number of anilines is 3. The molecular weight excluding hydrogens is 312 g/mol. The summed E-state index contributed by atoms with van der Waals surface area (Å²) in [7, 11) is -1.81. The molecule has 7 heteroatoms. The maximum absolute atomic E-state index is 13.1. The Morgan fingerprint density at radius 1 is 1.13 bits per heavy atom. The normalized spacial score (nSPS) is 15.7. The third-order valence-electron chi connectivity index (χ3n) is 3.84. The molecule has 3 rings (SSSR count). The van der Waals surface area contributed by atoms with Crippen LogP contribution in [-0.4, -0.2) is 33.5 Å². The zero-order valence-corrected chi connectivity index (χ0v) is 14.0. The van der Waals surface area contributed by atoms with E-state index in [-0.39, 0.29) is 0 Å². The molecule has 0 saturated heterocycles. The van der Waals surface area contributed by atoms with Gasteiger partial charge in [-0.2, -0.15) is 8.42 Å². The molecule has 1 aromatic heterocycles. The van der Waals surface area contributed by atoms with Crippen LogP contribution in [0.4, 0.5) is 17.2 Å². The second-order valence-corrected chi connectivity index (χ2v) is 7.14. The molecule has 0 radical (unpaired) electrons. The summed E-state index contributed by atoms with van der Waals surface area (Å²) < 4.78 is 29.0. The topological polar surface area (TPSA) is 65.5 Å². The Labute approximate surface area is 136 Å². The molecule has 1 aliphatic rings. The first-order chi connectivity index (χ1) is 11.1. The van der Waals surface area contributed by atoms with Gasteiger partial charge in [0.05, 0.1) is 11.4 Å². The Morgan fingerprint density at radius 3 is 2.57 bits per heavy atom. The van der Waals surface area contributed by atoms with Crippen molar-refractivity contribution < 1.29 is 8.42 Å². The second-order valence-electron chi connectivity index (χ2n) is 5.43. The average molecular weight is 332 g/mol. The lowest BCUT2D eigenvalue weighted by molar-refractivity contribution is 0.591. The molecular formula is C16H20N4O2S.